The maximum atomic E-state index is 12.4. The van der Waals surface area contributed by atoms with E-state index in [1.807, 2.05) is 26.8 Å². The minimum absolute atomic E-state index is 0.155. The van der Waals surface area contributed by atoms with Gasteiger partial charge in [0.25, 0.3) is 5.91 Å². The maximum absolute atomic E-state index is 12.4. The summed E-state index contributed by atoms with van der Waals surface area (Å²) in [6, 6.07) is 5.34. The number of carbonyl (C=O) groups is 1. The fraction of sp³-hybridized carbons (Fsp3) is 0.333. The van der Waals surface area contributed by atoms with Crippen LogP contribution in [-0.4, -0.2) is 27.4 Å². The van der Waals surface area contributed by atoms with Gasteiger partial charge in [-0.05, 0) is 19.1 Å². The molecule has 2 N–H and O–H groups in total. The molecule has 1 amide bonds. The standard InChI is InChI=1S/C15H19N5O/c1-4-16-11-9-18-14(10(2)3)20-13(11)15(21)19-12-7-5-6-8-17-12/h5-10,16H,4H2,1-3H3,(H,17,19,21). The largest absolute Gasteiger partial charge is 0.382 e. The molecule has 0 spiro atoms. The number of hydrogen-bond donors (Lipinski definition) is 2. The molecule has 0 radical (unpaired) electrons. The summed E-state index contributed by atoms with van der Waals surface area (Å²) in [7, 11) is 0. The van der Waals surface area contributed by atoms with Crippen LogP contribution in [0.15, 0.2) is 30.6 Å². The molecule has 0 saturated heterocycles. The zero-order valence-electron chi connectivity index (χ0n) is 12.4. The molecule has 110 valence electrons. The highest BCUT2D eigenvalue weighted by atomic mass is 16.2. The van der Waals surface area contributed by atoms with Crippen LogP contribution < -0.4 is 10.6 Å². The third kappa shape index (κ3) is 3.75. The Morgan fingerprint density at radius 3 is 2.71 bits per heavy atom. The summed E-state index contributed by atoms with van der Waals surface area (Å²) in [5, 5.41) is 5.85. The van der Waals surface area contributed by atoms with Gasteiger partial charge in [0, 0.05) is 18.7 Å². The van der Waals surface area contributed by atoms with Crippen LogP contribution in [0, 0.1) is 0 Å². The molecule has 0 unspecified atom stereocenters. The molecule has 0 atom stereocenters. The van der Waals surface area contributed by atoms with E-state index in [1.165, 1.54) is 0 Å². The van der Waals surface area contributed by atoms with E-state index < -0.39 is 0 Å². The van der Waals surface area contributed by atoms with Crippen LogP contribution in [0.1, 0.15) is 43.0 Å². The van der Waals surface area contributed by atoms with E-state index in [1.54, 1.807) is 24.5 Å². The fourth-order valence-corrected chi connectivity index (χ4v) is 1.78. The predicted octanol–water partition coefficient (Wildman–Crippen LogP) is 2.68. The Hall–Kier alpha value is -2.50. The van der Waals surface area contributed by atoms with Crippen LogP contribution in [0.3, 0.4) is 0 Å². The average molecular weight is 285 g/mol. The Kier molecular flexibility index (Phi) is 4.81. The van der Waals surface area contributed by atoms with E-state index in [4.69, 9.17) is 0 Å². The van der Waals surface area contributed by atoms with Crippen molar-refractivity contribution >= 4 is 17.4 Å². The second-order valence-corrected chi connectivity index (χ2v) is 4.84. The first kappa shape index (κ1) is 14.9. The first-order valence-electron chi connectivity index (χ1n) is 6.95. The molecule has 0 aliphatic rings. The first-order chi connectivity index (χ1) is 10.1. The molecule has 6 heteroatoms. The lowest BCUT2D eigenvalue weighted by molar-refractivity contribution is 0.102. The van der Waals surface area contributed by atoms with Gasteiger partial charge in [-0.25, -0.2) is 15.0 Å². The molecule has 2 aromatic rings. The van der Waals surface area contributed by atoms with E-state index in [9.17, 15) is 4.79 Å². The maximum Gasteiger partial charge on any atom is 0.277 e. The summed E-state index contributed by atoms with van der Waals surface area (Å²) < 4.78 is 0. The second-order valence-electron chi connectivity index (χ2n) is 4.84. The van der Waals surface area contributed by atoms with Gasteiger partial charge in [0.1, 0.15) is 11.6 Å². The molecular weight excluding hydrogens is 266 g/mol. The number of aromatic nitrogens is 3. The van der Waals surface area contributed by atoms with Crippen LogP contribution in [0.25, 0.3) is 0 Å². The second kappa shape index (κ2) is 6.78. The first-order valence-corrected chi connectivity index (χ1v) is 6.95. The fourth-order valence-electron chi connectivity index (χ4n) is 1.78. The molecule has 6 nitrogen and oxygen atoms in total. The van der Waals surface area contributed by atoms with Crippen molar-refractivity contribution in [1.82, 2.24) is 15.0 Å². The van der Waals surface area contributed by atoms with Crippen molar-refractivity contribution in [3.05, 3.63) is 42.1 Å². The lowest BCUT2D eigenvalue weighted by Gasteiger charge is -2.12. The van der Waals surface area contributed by atoms with Gasteiger partial charge in [-0.2, -0.15) is 0 Å². The minimum Gasteiger partial charge on any atom is -0.382 e. The normalized spacial score (nSPS) is 10.5. The highest BCUT2D eigenvalue weighted by Crippen LogP contribution is 2.17. The van der Waals surface area contributed by atoms with Crippen LogP contribution in [0.4, 0.5) is 11.5 Å². The Morgan fingerprint density at radius 1 is 1.29 bits per heavy atom. The number of amides is 1. The van der Waals surface area contributed by atoms with E-state index in [0.29, 0.717) is 29.6 Å². The SMILES string of the molecule is CCNc1cnc(C(C)C)nc1C(=O)Nc1ccccn1. The molecule has 2 rings (SSSR count). The lowest BCUT2D eigenvalue weighted by Crippen LogP contribution is -2.19. The zero-order valence-corrected chi connectivity index (χ0v) is 12.4. The van der Waals surface area contributed by atoms with Gasteiger partial charge in [-0.3, -0.25) is 4.79 Å². The van der Waals surface area contributed by atoms with E-state index in [0.717, 1.165) is 0 Å². The number of hydrogen-bond acceptors (Lipinski definition) is 5. The summed E-state index contributed by atoms with van der Waals surface area (Å²) in [5.74, 6) is 0.994. The molecular formula is C15H19N5O. The molecule has 0 aliphatic heterocycles. The van der Waals surface area contributed by atoms with Gasteiger partial charge in [0.05, 0.1) is 11.9 Å². The average Bonchev–Trinajstić information content (AvgIpc) is 2.48. The van der Waals surface area contributed by atoms with Crippen molar-refractivity contribution in [3.8, 4) is 0 Å². The third-order valence-corrected chi connectivity index (χ3v) is 2.81. The molecule has 0 saturated carbocycles. The lowest BCUT2D eigenvalue weighted by atomic mass is 10.2. The third-order valence-electron chi connectivity index (χ3n) is 2.81. The van der Waals surface area contributed by atoms with Crippen molar-refractivity contribution in [2.45, 2.75) is 26.7 Å². The number of nitrogens with one attached hydrogen (secondary N) is 2. The zero-order chi connectivity index (χ0) is 15.2. The van der Waals surface area contributed by atoms with Crippen molar-refractivity contribution in [2.75, 3.05) is 17.2 Å². The summed E-state index contributed by atoms with van der Waals surface area (Å²) in [4.78, 5) is 25.1. The van der Waals surface area contributed by atoms with Gasteiger partial charge in [-0.15, -0.1) is 0 Å². The van der Waals surface area contributed by atoms with E-state index in [2.05, 4.69) is 25.6 Å². The predicted molar refractivity (Wildman–Crippen MR) is 82.5 cm³/mol. The van der Waals surface area contributed by atoms with Crippen LogP contribution in [-0.2, 0) is 0 Å². The molecule has 0 bridgehead atoms. The van der Waals surface area contributed by atoms with Crippen LogP contribution in [0.2, 0.25) is 0 Å². The van der Waals surface area contributed by atoms with Crippen molar-refractivity contribution in [3.63, 3.8) is 0 Å². The molecule has 2 heterocycles. The summed E-state index contributed by atoms with van der Waals surface area (Å²) >= 11 is 0. The summed E-state index contributed by atoms with van der Waals surface area (Å²) in [6.07, 6.45) is 3.28. The summed E-state index contributed by atoms with van der Waals surface area (Å²) in [5.41, 5.74) is 0.955. The van der Waals surface area contributed by atoms with Gasteiger partial charge < -0.3 is 10.6 Å². The molecule has 0 aromatic carbocycles. The molecule has 2 aromatic heterocycles. The smallest absolute Gasteiger partial charge is 0.277 e. The highest BCUT2D eigenvalue weighted by Gasteiger charge is 2.16. The number of nitrogens with zero attached hydrogens (tertiary/aromatic N) is 3. The van der Waals surface area contributed by atoms with Crippen molar-refractivity contribution < 1.29 is 4.79 Å². The Labute approximate surface area is 124 Å². The number of anilines is 2. The van der Waals surface area contributed by atoms with Crippen LogP contribution >= 0.6 is 0 Å². The topological polar surface area (TPSA) is 79.8 Å². The van der Waals surface area contributed by atoms with Crippen molar-refractivity contribution in [2.24, 2.45) is 0 Å². The number of carbonyl (C=O) groups excluding carboxylic acids is 1. The van der Waals surface area contributed by atoms with Gasteiger partial charge >= 0.3 is 0 Å². The van der Waals surface area contributed by atoms with Gasteiger partial charge in [0.2, 0.25) is 0 Å². The van der Waals surface area contributed by atoms with Crippen LogP contribution in [0.5, 0.6) is 0 Å². The summed E-state index contributed by atoms with van der Waals surface area (Å²) in [6.45, 7) is 6.62. The Morgan fingerprint density at radius 2 is 2.10 bits per heavy atom. The van der Waals surface area contributed by atoms with Crippen molar-refractivity contribution in [1.29, 1.82) is 0 Å². The van der Waals surface area contributed by atoms with Gasteiger partial charge in [0.15, 0.2) is 5.69 Å². The Balaban J connectivity index is 2.30. The van der Waals surface area contributed by atoms with E-state index in [-0.39, 0.29) is 11.8 Å². The molecule has 0 fully saturated rings. The Bertz CT molecular complexity index is 613. The molecule has 0 aliphatic carbocycles. The number of pyridine rings is 1. The quantitative estimate of drug-likeness (QED) is 0.883. The van der Waals surface area contributed by atoms with Gasteiger partial charge in [-0.1, -0.05) is 19.9 Å². The van der Waals surface area contributed by atoms with E-state index >= 15 is 0 Å². The minimum atomic E-state index is -0.297. The highest BCUT2D eigenvalue weighted by molar-refractivity contribution is 6.05. The monoisotopic (exact) mass is 285 g/mol. The molecule has 21 heavy (non-hydrogen) atoms. The number of rotatable bonds is 5.